The number of benzene rings is 1. The van der Waals surface area contributed by atoms with Gasteiger partial charge in [0.05, 0.1) is 6.26 Å². The molecule has 126 valence electrons. The van der Waals surface area contributed by atoms with E-state index in [1.54, 1.807) is 21.9 Å². The first-order valence-corrected chi connectivity index (χ1v) is 8.06. The number of carbonyl (C=O) groups is 2. The Morgan fingerprint density at radius 3 is 2.29 bits per heavy atom. The van der Waals surface area contributed by atoms with Crippen molar-refractivity contribution in [1.82, 2.24) is 9.80 Å². The summed E-state index contributed by atoms with van der Waals surface area (Å²) in [7, 11) is 0. The molecule has 0 saturated carbocycles. The van der Waals surface area contributed by atoms with Crippen molar-refractivity contribution in [3.8, 4) is 0 Å². The van der Waals surface area contributed by atoms with Crippen LogP contribution in [0.3, 0.4) is 0 Å². The Balaban J connectivity index is 1.51. The van der Waals surface area contributed by atoms with Crippen molar-refractivity contribution in [2.45, 2.75) is 12.5 Å². The number of carbonyl (C=O) groups excluding carboxylic acids is 2. The van der Waals surface area contributed by atoms with Crippen molar-refractivity contribution in [2.75, 3.05) is 26.2 Å². The second kappa shape index (κ2) is 7.31. The van der Waals surface area contributed by atoms with Crippen LogP contribution in [0.15, 0.2) is 53.1 Å². The zero-order valence-corrected chi connectivity index (χ0v) is 13.4. The van der Waals surface area contributed by atoms with E-state index in [1.165, 1.54) is 6.26 Å². The topological polar surface area (TPSA) is 79.8 Å². The van der Waals surface area contributed by atoms with Crippen LogP contribution in [-0.2, 0) is 4.79 Å². The van der Waals surface area contributed by atoms with E-state index in [2.05, 4.69) is 0 Å². The van der Waals surface area contributed by atoms with Crippen LogP contribution in [0.25, 0.3) is 0 Å². The quantitative estimate of drug-likeness (QED) is 0.926. The summed E-state index contributed by atoms with van der Waals surface area (Å²) in [5.74, 6) is 0.227. The molecule has 0 radical (unpaired) electrons. The number of hydrogen-bond acceptors (Lipinski definition) is 4. The van der Waals surface area contributed by atoms with Gasteiger partial charge in [-0.25, -0.2) is 0 Å². The fourth-order valence-corrected chi connectivity index (χ4v) is 2.85. The van der Waals surface area contributed by atoms with Crippen molar-refractivity contribution in [1.29, 1.82) is 0 Å². The molecule has 6 heteroatoms. The lowest BCUT2D eigenvalue weighted by atomic mass is 10.0. The van der Waals surface area contributed by atoms with Crippen molar-refractivity contribution in [2.24, 2.45) is 5.73 Å². The predicted molar refractivity (Wildman–Crippen MR) is 89.2 cm³/mol. The molecule has 1 aliphatic rings. The Morgan fingerprint density at radius 1 is 1.00 bits per heavy atom. The van der Waals surface area contributed by atoms with E-state index in [4.69, 9.17) is 10.2 Å². The van der Waals surface area contributed by atoms with E-state index < -0.39 is 0 Å². The summed E-state index contributed by atoms with van der Waals surface area (Å²) in [5.41, 5.74) is 7.07. The molecule has 1 aromatic carbocycles. The summed E-state index contributed by atoms with van der Waals surface area (Å²) in [6, 6.07) is 12.7. The third-order valence-corrected chi connectivity index (χ3v) is 4.27. The molecule has 1 unspecified atom stereocenters. The van der Waals surface area contributed by atoms with Gasteiger partial charge in [-0.3, -0.25) is 9.59 Å². The average molecular weight is 327 g/mol. The van der Waals surface area contributed by atoms with Crippen LogP contribution in [-0.4, -0.2) is 47.8 Å². The number of rotatable bonds is 4. The summed E-state index contributed by atoms with van der Waals surface area (Å²) in [6.07, 6.45) is 1.76. The molecule has 2 heterocycles. The molecule has 3 rings (SSSR count). The highest BCUT2D eigenvalue weighted by Crippen LogP contribution is 2.16. The second-order valence-electron chi connectivity index (χ2n) is 5.87. The van der Waals surface area contributed by atoms with Crippen molar-refractivity contribution in [3.05, 3.63) is 60.1 Å². The minimum Gasteiger partial charge on any atom is -0.459 e. The molecular formula is C18H21N3O3. The maximum absolute atomic E-state index is 12.4. The summed E-state index contributed by atoms with van der Waals surface area (Å²) >= 11 is 0. The Bertz CT molecular complexity index is 677. The van der Waals surface area contributed by atoms with Crippen LogP contribution in [0, 0.1) is 0 Å². The summed E-state index contributed by atoms with van der Waals surface area (Å²) in [5, 5.41) is 0. The number of amides is 2. The zero-order chi connectivity index (χ0) is 16.9. The van der Waals surface area contributed by atoms with Crippen molar-refractivity contribution < 1.29 is 14.0 Å². The fourth-order valence-electron chi connectivity index (χ4n) is 2.85. The highest BCUT2D eigenvalue weighted by Gasteiger charge is 2.26. The first-order chi connectivity index (χ1) is 11.6. The Hall–Kier alpha value is -2.60. The van der Waals surface area contributed by atoms with Crippen LogP contribution < -0.4 is 5.73 Å². The van der Waals surface area contributed by atoms with Gasteiger partial charge in [-0.15, -0.1) is 0 Å². The van der Waals surface area contributed by atoms with Gasteiger partial charge in [0.15, 0.2) is 5.76 Å². The molecule has 6 nitrogen and oxygen atoms in total. The summed E-state index contributed by atoms with van der Waals surface area (Å²) in [4.78, 5) is 28.1. The minimum absolute atomic E-state index is 0.0245. The maximum atomic E-state index is 12.4. The lowest BCUT2D eigenvalue weighted by Gasteiger charge is -2.34. The van der Waals surface area contributed by atoms with E-state index in [1.807, 2.05) is 30.3 Å². The SMILES string of the molecule is NC(CC(=O)N1CCN(C(=O)c2ccco2)CC1)c1ccccc1. The third-order valence-electron chi connectivity index (χ3n) is 4.27. The standard InChI is InChI=1S/C18H21N3O3/c19-15(14-5-2-1-3-6-14)13-17(22)20-8-10-21(11-9-20)18(23)16-7-4-12-24-16/h1-7,12,15H,8-11,13,19H2. The highest BCUT2D eigenvalue weighted by atomic mass is 16.3. The Kier molecular flexibility index (Phi) is 4.96. The molecule has 0 bridgehead atoms. The van der Waals surface area contributed by atoms with Gasteiger partial charge >= 0.3 is 0 Å². The molecule has 1 atom stereocenters. The van der Waals surface area contributed by atoms with E-state index in [-0.39, 0.29) is 24.3 Å². The minimum atomic E-state index is -0.304. The van der Waals surface area contributed by atoms with Gasteiger partial charge < -0.3 is 20.0 Å². The Morgan fingerprint density at radius 2 is 1.67 bits per heavy atom. The van der Waals surface area contributed by atoms with Crippen molar-refractivity contribution in [3.63, 3.8) is 0 Å². The monoisotopic (exact) mass is 327 g/mol. The van der Waals surface area contributed by atoms with Gasteiger partial charge in [0.2, 0.25) is 5.91 Å². The third kappa shape index (κ3) is 3.65. The zero-order valence-electron chi connectivity index (χ0n) is 13.4. The second-order valence-corrected chi connectivity index (χ2v) is 5.87. The molecule has 2 N–H and O–H groups in total. The molecule has 0 aliphatic carbocycles. The molecule has 1 aromatic heterocycles. The molecular weight excluding hydrogens is 306 g/mol. The molecule has 1 aliphatic heterocycles. The van der Waals surface area contributed by atoms with Crippen molar-refractivity contribution >= 4 is 11.8 Å². The number of hydrogen-bond donors (Lipinski definition) is 1. The lowest BCUT2D eigenvalue weighted by Crippen LogP contribution is -2.50. The molecule has 1 fully saturated rings. The van der Waals surface area contributed by atoms with Gasteiger partial charge in [0, 0.05) is 38.6 Å². The highest BCUT2D eigenvalue weighted by molar-refractivity contribution is 5.91. The van der Waals surface area contributed by atoms with E-state index in [0.717, 1.165) is 5.56 Å². The largest absolute Gasteiger partial charge is 0.459 e. The first kappa shape index (κ1) is 16.3. The number of nitrogens with zero attached hydrogens (tertiary/aromatic N) is 2. The lowest BCUT2D eigenvalue weighted by molar-refractivity contribution is -0.133. The average Bonchev–Trinajstić information content (AvgIpc) is 3.16. The molecule has 2 amide bonds. The number of piperazine rings is 1. The van der Waals surface area contributed by atoms with E-state index >= 15 is 0 Å². The van der Waals surface area contributed by atoms with Crippen LogP contribution in [0.5, 0.6) is 0 Å². The maximum Gasteiger partial charge on any atom is 0.289 e. The summed E-state index contributed by atoms with van der Waals surface area (Å²) < 4.78 is 5.14. The number of nitrogens with two attached hydrogens (primary N) is 1. The fraction of sp³-hybridized carbons (Fsp3) is 0.333. The first-order valence-electron chi connectivity index (χ1n) is 8.06. The van der Waals surface area contributed by atoms with Gasteiger partial charge in [-0.2, -0.15) is 0 Å². The Labute approximate surface area is 140 Å². The van der Waals surface area contributed by atoms with Crippen LogP contribution in [0.2, 0.25) is 0 Å². The summed E-state index contributed by atoms with van der Waals surface area (Å²) in [6.45, 7) is 2.05. The molecule has 1 saturated heterocycles. The predicted octanol–water partition coefficient (Wildman–Crippen LogP) is 1.65. The normalized spacial score (nSPS) is 16.0. The van der Waals surface area contributed by atoms with Gasteiger partial charge in [-0.05, 0) is 17.7 Å². The van der Waals surface area contributed by atoms with Crippen LogP contribution in [0.1, 0.15) is 28.6 Å². The number of furan rings is 1. The van der Waals surface area contributed by atoms with Gasteiger partial charge in [-0.1, -0.05) is 30.3 Å². The van der Waals surface area contributed by atoms with Gasteiger partial charge in [0.25, 0.3) is 5.91 Å². The molecule has 2 aromatic rings. The van der Waals surface area contributed by atoms with Crippen LogP contribution >= 0.6 is 0 Å². The molecule has 0 spiro atoms. The van der Waals surface area contributed by atoms with E-state index in [9.17, 15) is 9.59 Å². The smallest absolute Gasteiger partial charge is 0.289 e. The van der Waals surface area contributed by atoms with Gasteiger partial charge in [0.1, 0.15) is 0 Å². The van der Waals surface area contributed by atoms with Crippen LogP contribution in [0.4, 0.5) is 0 Å². The molecule has 24 heavy (non-hydrogen) atoms. The van der Waals surface area contributed by atoms with E-state index in [0.29, 0.717) is 31.9 Å².